The Kier molecular flexibility index (Phi) is 18.9. The van der Waals surface area contributed by atoms with Gasteiger partial charge >= 0.3 is 5.97 Å². The summed E-state index contributed by atoms with van der Waals surface area (Å²) in [5.74, 6) is 2.30. The van der Waals surface area contributed by atoms with E-state index in [1.54, 1.807) is 13.2 Å². The van der Waals surface area contributed by atoms with Crippen molar-refractivity contribution in [1.29, 1.82) is 0 Å². The number of rotatable bonds is 4. The molecule has 0 saturated carbocycles. The number of hydrogen-bond acceptors (Lipinski definition) is 4. The molecular formula is C27H42O4. The van der Waals surface area contributed by atoms with E-state index in [-0.39, 0.29) is 12.6 Å². The van der Waals surface area contributed by atoms with Crippen LogP contribution in [0.25, 0.3) is 5.57 Å². The number of allylic oxidation sites excluding steroid dienone is 3. The van der Waals surface area contributed by atoms with Crippen LogP contribution < -0.4 is 0 Å². The molecular weight excluding hydrogens is 388 g/mol. The van der Waals surface area contributed by atoms with Crippen LogP contribution >= 0.6 is 0 Å². The molecule has 1 aromatic carbocycles. The van der Waals surface area contributed by atoms with Gasteiger partial charge in [0.1, 0.15) is 23.9 Å². The first kappa shape index (κ1) is 30.4. The van der Waals surface area contributed by atoms with Crippen LogP contribution in [-0.4, -0.2) is 13.1 Å². The third kappa shape index (κ3) is 12.5. The Morgan fingerprint density at radius 2 is 1.52 bits per heavy atom. The molecule has 0 saturated heterocycles. The quantitative estimate of drug-likeness (QED) is 0.459. The zero-order valence-corrected chi connectivity index (χ0v) is 21.2. The Morgan fingerprint density at radius 3 is 1.94 bits per heavy atom. The summed E-state index contributed by atoms with van der Waals surface area (Å²) >= 11 is 0. The van der Waals surface area contributed by atoms with Crippen molar-refractivity contribution in [3.05, 3.63) is 77.0 Å². The van der Waals surface area contributed by atoms with E-state index in [1.165, 1.54) is 23.6 Å². The van der Waals surface area contributed by atoms with Gasteiger partial charge in [-0.05, 0) is 42.7 Å². The lowest BCUT2D eigenvalue weighted by atomic mass is 10.1. The van der Waals surface area contributed by atoms with Gasteiger partial charge in [-0.1, -0.05) is 78.0 Å². The minimum absolute atomic E-state index is 0.225. The van der Waals surface area contributed by atoms with E-state index in [9.17, 15) is 4.79 Å². The van der Waals surface area contributed by atoms with Crippen molar-refractivity contribution >= 4 is 11.5 Å². The number of carbonyl (C=O) groups is 1. The zero-order valence-electron chi connectivity index (χ0n) is 21.2. The van der Waals surface area contributed by atoms with Crippen LogP contribution in [0.15, 0.2) is 64.3 Å². The summed E-state index contributed by atoms with van der Waals surface area (Å²) in [4.78, 5) is 10.4. The average molecular weight is 431 g/mol. The van der Waals surface area contributed by atoms with Crippen LogP contribution in [0.4, 0.5) is 0 Å². The number of carbonyl (C=O) groups excluding carboxylic acids is 1. The highest BCUT2D eigenvalue weighted by Crippen LogP contribution is 2.32. The van der Waals surface area contributed by atoms with Gasteiger partial charge in [-0.2, -0.15) is 0 Å². The van der Waals surface area contributed by atoms with Crippen molar-refractivity contribution in [2.75, 3.05) is 7.11 Å². The number of ether oxygens (including phenoxy) is 2. The van der Waals surface area contributed by atoms with Crippen LogP contribution in [0.2, 0.25) is 0 Å². The fraction of sp³-hybridized carbons (Fsp3) is 0.444. The number of furan rings is 1. The van der Waals surface area contributed by atoms with Crippen LogP contribution in [0, 0.1) is 6.92 Å². The Balaban J connectivity index is 0. The second kappa shape index (κ2) is 19.2. The van der Waals surface area contributed by atoms with Gasteiger partial charge < -0.3 is 13.9 Å². The van der Waals surface area contributed by atoms with Gasteiger partial charge in [0, 0.05) is 13.3 Å². The molecule has 0 unspecified atom stereocenters. The fourth-order valence-corrected chi connectivity index (χ4v) is 2.51. The summed E-state index contributed by atoms with van der Waals surface area (Å²) in [7, 11) is 1.74. The van der Waals surface area contributed by atoms with Crippen molar-refractivity contribution in [3.8, 4) is 0 Å². The molecule has 1 aliphatic rings. The standard InChI is InChI=1S/C13H14O.C8H10O3.3C2H6/c1-10-8-12(9-13(10)14-2)11-6-4-3-5-7-11;1-6-3-4-8(11-6)5-10-7(2)9;3*1-2/h3-8H,9H2,1-2H3;3-4H,5H2,1-2H3;3*1-2H3. The normalized spacial score (nSPS) is 11.1. The van der Waals surface area contributed by atoms with Gasteiger partial charge in [0.05, 0.1) is 7.11 Å². The van der Waals surface area contributed by atoms with Crippen molar-refractivity contribution in [2.24, 2.45) is 0 Å². The molecule has 3 rings (SSSR count). The Labute approximate surface area is 190 Å². The molecule has 0 bridgehead atoms. The maximum atomic E-state index is 10.4. The van der Waals surface area contributed by atoms with Crippen LogP contribution in [0.5, 0.6) is 0 Å². The number of esters is 1. The molecule has 0 radical (unpaired) electrons. The number of methoxy groups -OCH3 is 1. The lowest BCUT2D eigenvalue weighted by molar-refractivity contribution is -0.142. The highest BCUT2D eigenvalue weighted by molar-refractivity contribution is 5.73. The summed E-state index contributed by atoms with van der Waals surface area (Å²) in [5, 5.41) is 0. The minimum Gasteiger partial charge on any atom is -0.500 e. The SMILES string of the molecule is CC.CC.CC.CC(=O)OCc1ccc(C)o1.COC1=C(C)C=C(c2ccccc2)C1. The van der Waals surface area contributed by atoms with E-state index >= 15 is 0 Å². The first-order valence-corrected chi connectivity index (χ1v) is 11.2. The Hall–Kier alpha value is -2.75. The van der Waals surface area contributed by atoms with Crippen molar-refractivity contribution in [1.82, 2.24) is 0 Å². The number of aryl methyl sites for hydroxylation is 1. The van der Waals surface area contributed by atoms with Gasteiger partial charge in [0.25, 0.3) is 0 Å². The maximum Gasteiger partial charge on any atom is 0.303 e. The minimum atomic E-state index is -0.293. The van der Waals surface area contributed by atoms with Crippen LogP contribution in [0.3, 0.4) is 0 Å². The molecule has 4 nitrogen and oxygen atoms in total. The Bertz CT molecular complexity index is 768. The predicted octanol–water partition coefficient (Wildman–Crippen LogP) is 8.12. The van der Waals surface area contributed by atoms with Gasteiger partial charge in [-0.3, -0.25) is 4.79 Å². The highest BCUT2D eigenvalue weighted by atomic mass is 16.5. The molecule has 4 heteroatoms. The van der Waals surface area contributed by atoms with Crippen molar-refractivity contribution in [2.45, 2.75) is 75.3 Å². The molecule has 0 fully saturated rings. The summed E-state index contributed by atoms with van der Waals surface area (Å²) in [6.45, 7) is 17.5. The van der Waals surface area contributed by atoms with E-state index in [1.807, 2.05) is 60.6 Å². The molecule has 31 heavy (non-hydrogen) atoms. The third-order valence-electron chi connectivity index (χ3n) is 3.79. The van der Waals surface area contributed by atoms with Crippen LogP contribution in [-0.2, 0) is 20.9 Å². The second-order valence-electron chi connectivity index (χ2n) is 5.82. The van der Waals surface area contributed by atoms with Gasteiger partial charge in [0.2, 0.25) is 0 Å². The van der Waals surface area contributed by atoms with E-state index in [4.69, 9.17) is 13.9 Å². The monoisotopic (exact) mass is 430 g/mol. The second-order valence-corrected chi connectivity index (χ2v) is 5.82. The number of hydrogen-bond donors (Lipinski definition) is 0. The topological polar surface area (TPSA) is 48.7 Å². The lowest BCUT2D eigenvalue weighted by Gasteiger charge is -2.04. The fourth-order valence-electron chi connectivity index (χ4n) is 2.51. The molecule has 0 atom stereocenters. The van der Waals surface area contributed by atoms with E-state index in [2.05, 4.69) is 37.3 Å². The number of benzene rings is 1. The highest BCUT2D eigenvalue weighted by Gasteiger charge is 2.14. The van der Waals surface area contributed by atoms with Gasteiger partial charge in [0.15, 0.2) is 0 Å². The molecule has 0 spiro atoms. The summed E-state index contributed by atoms with van der Waals surface area (Å²) in [6.07, 6.45) is 3.13. The van der Waals surface area contributed by atoms with E-state index in [0.717, 1.165) is 17.9 Å². The molecule has 1 heterocycles. The summed E-state index contributed by atoms with van der Waals surface area (Å²) < 4.78 is 15.2. The first-order valence-electron chi connectivity index (χ1n) is 11.2. The average Bonchev–Trinajstić information content (AvgIpc) is 3.42. The molecule has 2 aromatic rings. The maximum absolute atomic E-state index is 10.4. The smallest absolute Gasteiger partial charge is 0.303 e. The summed E-state index contributed by atoms with van der Waals surface area (Å²) in [6, 6.07) is 14.1. The van der Waals surface area contributed by atoms with Gasteiger partial charge in [-0.25, -0.2) is 0 Å². The molecule has 174 valence electrons. The van der Waals surface area contributed by atoms with E-state index in [0.29, 0.717) is 5.76 Å². The van der Waals surface area contributed by atoms with E-state index < -0.39 is 0 Å². The zero-order chi connectivity index (χ0) is 24.2. The Morgan fingerprint density at radius 1 is 0.935 bits per heavy atom. The molecule has 1 aliphatic carbocycles. The lowest BCUT2D eigenvalue weighted by Crippen LogP contribution is -1.97. The third-order valence-corrected chi connectivity index (χ3v) is 3.79. The van der Waals surface area contributed by atoms with Crippen molar-refractivity contribution in [3.63, 3.8) is 0 Å². The predicted molar refractivity (Wildman–Crippen MR) is 132 cm³/mol. The van der Waals surface area contributed by atoms with Gasteiger partial charge in [-0.15, -0.1) is 0 Å². The largest absolute Gasteiger partial charge is 0.500 e. The summed E-state index contributed by atoms with van der Waals surface area (Å²) in [5.41, 5.74) is 3.88. The molecule has 1 aromatic heterocycles. The van der Waals surface area contributed by atoms with Crippen molar-refractivity contribution < 1.29 is 18.7 Å². The first-order chi connectivity index (χ1) is 15.0. The van der Waals surface area contributed by atoms with Crippen LogP contribution in [0.1, 0.15) is 78.9 Å². The molecule has 0 N–H and O–H groups in total. The molecule has 0 amide bonds. The molecule has 0 aliphatic heterocycles.